The Hall–Kier alpha value is -1.23. The predicted octanol–water partition coefficient (Wildman–Crippen LogP) is 0.851. The van der Waals surface area contributed by atoms with E-state index in [0.717, 1.165) is 0 Å². The number of aromatic nitrogens is 2. The first-order valence-corrected chi connectivity index (χ1v) is 4.15. The molecule has 0 atom stereocenters. The summed E-state index contributed by atoms with van der Waals surface area (Å²) >= 11 is 0. The minimum absolute atomic E-state index is 0.0616. The highest BCUT2D eigenvalue weighted by molar-refractivity contribution is 5.89. The van der Waals surface area contributed by atoms with Crippen LogP contribution in [0.2, 0.25) is 0 Å². The van der Waals surface area contributed by atoms with E-state index < -0.39 is 0 Å². The van der Waals surface area contributed by atoms with Gasteiger partial charge in [-0.3, -0.25) is 4.79 Å². The minimum Gasteiger partial charge on any atom is -0.381 e. The van der Waals surface area contributed by atoms with E-state index in [1.54, 1.807) is 0 Å². The summed E-state index contributed by atoms with van der Waals surface area (Å²) in [5.74, 6) is 0.361. The number of carbonyl (C=O) groups is 1. The first kappa shape index (κ1) is 9.85. The van der Waals surface area contributed by atoms with E-state index in [4.69, 9.17) is 9.26 Å². The van der Waals surface area contributed by atoms with Gasteiger partial charge in [-0.1, -0.05) is 5.16 Å². The summed E-state index contributed by atoms with van der Waals surface area (Å²) in [5.41, 5.74) is 0. The molecule has 13 heavy (non-hydrogen) atoms. The molecule has 0 saturated carbocycles. The Labute approximate surface area is 76.1 Å². The van der Waals surface area contributed by atoms with Crippen LogP contribution in [0.4, 0.5) is 0 Å². The third-order valence-corrected chi connectivity index (χ3v) is 1.44. The second-order valence-electron chi connectivity index (χ2n) is 2.52. The van der Waals surface area contributed by atoms with E-state index in [1.165, 1.54) is 6.92 Å². The standard InChI is InChI=1S/C8H12N2O3/c1-3-12-5-4-7-9-8(6(2)11)13-10-7/h3-5H2,1-2H3. The topological polar surface area (TPSA) is 65.2 Å². The van der Waals surface area contributed by atoms with Gasteiger partial charge in [0, 0.05) is 20.0 Å². The molecule has 0 aliphatic rings. The SMILES string of the molecule is CCOCCc1noc(C(C)=O)n1. The summed E-state index contributed by atoms with van der Waals surface area (Å²) < 4.78 is 9.79. The molecule has 0 saturated heterocycles. The Morgan fingerprint density at radius 2 is 2.38 bits per heavy atom. The van der Waals surface area contributed by atoms with E-state index in [1.807, 2.05) is 6.92 Å². The molecule has 5 nitrogen and oxygen atoms in total. The van der Waals surface area contributed by atoms with Crippen molar-refractivity contribution in [3.8, 4) is 0 Å². The number of carbonyl (C=O) groups excluding carboxylic acids is 1. The van der Waals surface area contributed by atoms with Gasteiger partial charge in [-0.25, -0.2) is 0 Å². The van der Waals surface area contributed by atoms with Crippen LogP contribution >= 0.6 is 0 Å². The Morgan fingerprint density at radius 3 is 2.92 bits per heavy atom. The van der Waals surface area contributed by atoms with Crippen LogP contribution in [0.15, 0.2) is 4.52 Å². The molecule has 5 heteroatoms. The largest absolute Gasteiger partial charge is 0.381 e. The van der Waals surface area contributed by atoms with Gasteiger partial charge in [0.05, 0.1) is 6.61 Å². The summed E-state index contributed by atoms with van der Waals surface area (Å²) in [7, 11) is 0. The first-order valence-electron chi connectivity index (χ1n) is 4.15. The minimum atomic E-state index is -0.213. The van der Waals surface area contributed by atoms with Gasteiger partial charge in [-0.2, -0.15) is 4.98 Å². The van der Waals surface area contributed by atoms with Crippen molar-refractivity contribution in [2.24, 2.45) is 0 Å². The Morgan fingerprint density at radius 1 is 1.62 bits per heavy atom. The summed E-state index contributed by atoms with van der Waals surface area (Å²) in [4.78, 5) is 14.6. The van der Waals surface area contributed by atoms with Crippen molar-refractivity contribution in [3.05, 3.63) is 11.7 Å². The van der Waals surface area contributed by atoms with Gasteiger partial charge in [-0.15, -0.1) is 0 Å². The molecule has 1 aromatic heterocycles. The quantitative estimate of drug-likeness (QED) is 0.501. The Bertz CT molecular complexity index is 283. The maximum atomic E-state index is 10.8. The zero-order chi connectivity index (χ0) is 9.68. The van der Waals surface area contributed by atoms with Crippen molar-refractivity contribution in [2.75, 3.05) is 13.2 Å². The molecule has 0 aromatic carbocycles. The highest BCUT2D eigenvalue weighted by atomic mass is 16.5. The van der Waals surface area contributed by atoms with E-state index in [9.17, 15) is 4.79 Å². The smallest absolute Gasteiger partial charge is 0.293 e. The number of hydrogen-bond donors (Lipinski definition) is 0. The van der Waals surface area contributed by atoms with Gasteiger partial charge < -0.3 is 9.26 Å². The van der Waals surface area contributed by atoms with Crippen LogP contribution in [0.5, 0.6) is 0 Å². The fraction of sp³-hybridized carbons (Fsp3) is 0.625. The van der Waals surface area contributed by atoms with Gasteiger partial charge in [-0.05, 0) is 6.92 Å². The lowest BCUT2D eigenvalue weighted by atomic mass is 10.4. The zero-order valence-electron chi connectivity index (χ0n) is 7.74. The lowest BCUT2D eigenvalue weighted by molar-refractivity contribution is 0.0972. The molecule has 0 spiro atoms. The molecule has 0 bridgehead atoms. The van der Waals surface area contributed by atoms with E-state index in [2.05, 4.69) is 10.1 Å². The van der Waals surface area contributed by atoms with Crippen LogP contribution in [0.1, 0.15) is 30.4 Å². The molecule has 0 aliphatic carbocycles. The molecule has 0 radical (unpaired) electrons. The Balaban J connectivity index is 2.44. The summed E-state index contributed by atoms with van der Waals surface area (Å²) in [6.45, 7) is 4.52. The van der Waals surface area contributed by atoms with E-state index in [-0.39, 0.29) is 11.7 Å². The number of rotatable bonds is 5. The maximum absolute atomic E-state index is 10.8. The average Bonchev–Trinajstić information content (AvgIpc) is 2.53. The van der Waals surface area contributed by atoms with E-state index in [0.29, 0.717) is 25.5 Å². The number of ether oxygens (including phenoxy) is 1. The predicted molar refractivity (Wildman–Crippen MR) is 44.5 cm³/mol. The fourth-order valence-corrected chi connectivity index (χ4v) is 0.806. The van der Waals surface area contributed by atoms with Crippen molar-refractivity contribution >= 4 is 5.78 Å². The van der Waals surface area contributed by atoms with Crippen LogP contribution < -0.4 is 0 Å². The van der Waals surface area contributed by atoms with Gasteiger partial charge in [0.25, 0.3) is 5.89 Å². The number of nitrogens with zero attached hydrogens (tertiary/aromatic N) is 2. The van der Waals surface area contributed by atoms with Crippen LogP contribution in [0.3, 0.4) is 0 Å². The lowest BCUT2D eigenvalue weighted by Crippen LogP contribution is -2.00. The second-order valence-corrected chi connectivity index (χ2v) is 2.52. The van der Waals surface area contributed by atoms with Crippen LogP contribution in [0.25, 0.3) is 0 Å². The van der Waals surface area contributed by atoms with Gasteiger partial charge in [0.15, 0.2) is 5.82 Å². The highest BCUT2D eigenvalue weighted by Gasteiger charge is 2.09. The van der Waals surface area contributed by atoms with Gasteiger partial charge in [0.1, 0.15) is 0 Å². The monoisotopic (exact) mass is 184 g/mol. The molecule has 0 amide bonds. The zero-order valence-corrected chi connectivity index (χ0v) is 7.74. The van der Waals surface area contributed by atoms with Crippen LogP contribution in [-0.2, 0) is 11.2 Å². The van der Waals surface area contributed by atoms with Crippen molar-refractivity contribution < 1.29 is 14.1 Å². The third kappa shape index (κ3) is 2.95. The fourth-order valence-electron chi connectivity index (χ4n) is 0.806. The summed E-state index contributed by atoms with van der Waals surface area (Å²) in [5, 5.41) is 3.62. The highest BCUT2D eigenvalue weighted by Crippen LogP contribution is 1.98. The summed E-state index contributed by atoms with van der Waals surface area (Å²) in [6, 6.07) is 0. The van der Waals surface area contributed by atoms with Crippen molar-refractivity contribution in [1.29, 1.82) is 0 Å². The van der Waals surface area contributed by atoms with Gasteiger partial charge in [0.2, 0.25) is 5.78 Å². The van der Waals surface area contributed by atoms with Crippen molar-refractivity contribution in [2.45, 2.75) is 20.3 Å². The third-order valence-electron chi connectivity index (χ3n) is 1.44. The average molecular weight is 184 g/mol. The molecule has 72 valence electrons. The van der Waals surface area contributed by atoms with E-state index >= 15 is 0 Å². The molecular weight excluding hydrogens is 172 g/mol. The Kier molecular flexibility index (Phi) is 3.57. The van der Waals surface area contributed by atoms with Crippen molar-refractivity contribution in [1.82, 2.24) is 10.1 Å². The number of hydrogen-bond acceptors (Lipinski definition) is 5. The lowest BCUT2D eigenvalue weighted by Gasteiger charge is -1.94. The number of ketones is 1. The van der Waals surface area contributed by atoms with Crippen LogP contribution in [0, 0.1) is 0 Å². The molecule has 0 unspecified atom stereocenters. The molecule has 1 heterocycles. The molecule has 0 aliphatic heterocycles. The second kappa shape index (κ2) is 4.71. The molecule has 0 N–H and O–H groups in total. The molecule has 1 rings (SSSR count). The number of Topliss-reactive ketones (excluding diaryl/α,β-unsaturated/α-hetero) is 1. The molecule has 1 aromatic rings. The van der Waals surface area contributed by atoms with Crippen LogP contribution in [-0.4, -0.2) is 29.1 Å². The molecular formula is C8H12N2O3. The first-order chi connectivity index (χ1) is 6.24. The molecule has 0 fully saturated rings. The normalized spacial score (nSPS) is 10.3. The van der Waals surface area contributed by atoms with Gasteiger partial charge >= 0.3 is 0 Å². The summed E-state index contributed by atoms with van der Waals surface area (Å²) in [6.07, 6.45) is 0.574. The van der Waals surface area contributed by atoms with Crippen molar-refractivity contribution in [3.63, 3.8) is 0 Å². The maximum Gasteiger partial charge on any atom is 0.293 e.